The van der Waals surface area contributed by atoms with Crippen molar-refractivity contribution in [1.82, 2.24) is 19.6 Å². The van der Waals surface area contributed by atoms with E-state index in [0.29, 0.717) is 13.1 Å². The lowest BCUT2D eigenvalue weighted by Crippen LogP contribution is -2.63. The van der Waals surface area contributed by atoms with E-state index < -0.39 is 0 Å². The van der Waals surface area contributed by atoms with Crippen molar-refractivity contribution in [2.75, 3.05) is 52.4 Å². The molecule has 2 saturated carbocycles. The van der Waals surface area contributed by atoms with Gasteiger partial charge in [0, 0.05) is 13.1 Å². The quantitative estimate of drug-likeness (QED) is 0.301. The van der Waals surface area contributed by atoms with Crippen molar-refractivity contribution in [1.29, 1.82) is 0 Å². The lowest BCUT2D eigenvalue weighted by atomic mass is 9.40. The highest BCUT2D eigenvalue weighted by atomic mass is 16.2. The van der Waals surface area contributed by atoms with Crippen molar-refractivity contribution in [3.63, 3.8) is 0 Å². The van der Waals surface area contributed by atoms with Gasteiger partial charge in [-0.25, -0.2) is 0 Å². The van der Waals surface area contributed by atoms with Crippen molar-refractivity contribution in [3.05, 3.63) is 12.2 Å². The zero-order chi connectivity index (χ0) is 25.7. The average Bonchev–Trinajstić information content (AvgIpc) is 3.24. The predicted octanol–water partition coefficient (Wildman–Crippen LogP) is 1.71. The van der Waals surface area contributed by atoms with Crippen LogP contribution in [0.15, 0.2) is 12.2 Å². The second-order valence-corrected chi connectivity index (χ2v) is 11.2. The molecule has 0 N–H and O–H groups in total. The van der Waals surface area contributed by atoms with Crippen LogP contribution in [0.25, 0.3) is 0 Å². The third-order valence-corrected chi connectivity index (χ3v) is 10.0. The predicted molar refractivity (Wildman–Crippen MR) is 135 cm³/mol. The second-order valence-electron chi connectivity index (χ2n) is 11.2. The number of carbonyl (C=O) groups excluding carboxylic acids is 4. The van der Waals surface area contributed by atoms with Gasteiger partial charge in [-0.3, -0.25) is 29.0 Å². The van der Waals surface area contributed by atoms with Gasteiger partial charge in [-0.2, -0.15) is 0 Å². The summed E-state index contributed by atoms with van der Waals surface area (Å²) in [5, 5.41) is 0. The molecule has 0 aromatic carbocycles. The van der Waals surface area contributed by atoms with Crippen LogP contribution in [0, 0.1) is 47.3 Å². The van der Waals surface area contributed by atoms with Crippen molar-refractivity contribution < 1.29 is 19.2 Å². The Morgan fingerprint density at radius 1 is 0.583 bits per heavy atom. The normalized spacial score (nSPS) is 36.3. The van der Waals surface area contributed by atoms with Crippen LogP contribution < -0.4 is 0 Å². The van der Waals surface area contributed by atoms with Crippen molar-refractivity contribution in [2.24, 2.45) is 47.3 Å². The smallest absolute Gasteiger partial charge is 0.233 e. The summed E-state index contributed by atoms with van der Waals surface area (Å²) in [5.74, 6) is -1.73. The Morgan fingerprint density at radius 2 is 0.917 bits per heavy atom. The van der Waals surface area contributed by atoms with E-state index in [9.17, 15) is 19.2 Å². The van der Waals surface area contributed by atoms with Crippen LogP contribution >= 0.6 is 0 Å². The number of allylic oxidation sites excluding steroid dienone is 2. The molecule has 36 heavy (non-hydrogen) atoms. The molecule has 0 aromatic rings. The molecule has 2 aliphatic heterocycles. The Bertz CT molecular complexity index is 886. The van der Waals surface area contributed by atoms with E-state index >= 15 is 0 Å². The molecule has 0 unspecified atom stereocenters. The minimum atomic E-state index is -0.359. The summed E-state index contributed by atoms with van der Waals surface area (Å²) in [4.78, 5) is 61.3. The van der Waals surface area contributed by atoms with E-state index in [2.05, 4.69) is 49.6 Å². The molecule has 2 heterocycles. The van der Waals surface area contributed by atoms with E-state index in [-0.39, 0.29) is 71.0 Å². The molecule has 8 nitrogen and oxygen atoms in total. The van der Waals surface area contributed by atoms with Gasteiger partial charge in [-0.1, -0.05) is 39.8 Å². The molecule has 0 radical (unpaired) electrons. The van der Waals surface area contributed by atoms with Crippen LogP contribution in [0.2, 0.25) is 0 Å². The molecular formula is C28H42N4O4. The summed E-state index contributed by atoms with van der Waals surface area (Å²) in [7, 11) is 0. The Labute approximate surface area is 215 Å². The number of carbonyl (C=O) groups is 4. The summed E-state index contributed by atoms with van der Waals surface area (Å²) < 4.78 is 0. The minimum absolute atomic E-state index is 0.0165. The van der Waals surface area contributed by atoms with Crippen LogP contribution in [0.5, 0.6) is 0 Å². The fraction of sp³-hybridized carbons (Fsp3) is 0.786. The number of hydrogen-bond donors (Lipinski definition) is 0. The van der Waals surface area contributed by atoms with Crippen LogP contribution in [-0.4, -0.2) is 95.6 Å². The largest absolute Gasteiger partial charge is 0.304 e. The Morgan fingerprint density at radius 3 is 1.25 bits per heavy atom. The highest BCUT2D eigenvalue weighted by Gasteiger charge is 2.74. The van der Waals surface area contributed by atoms with Gasteiger partial charge in [0.15, 0.2) is 0 Å². The highest BCUT2D eigenvalue weighted by molar-refractivity contribution is 6.09. The molecular weight excluding hydrogens is 456 g/mol. The van der Waals surface area contributed by atoms with Gasteiger partial charge in [0.05, 0.1) is 23.7 Å². The highest BCUT2D eigenvalue weighted by Crippen LogP contribution is 2.68. The molecule has 8 heteroatoms. The summed E-state index contributed by atoms with van der Waals surface area (Å²) >= 11 is 0. The second kappa shape index (κ2) is 10.0. The first-order valence-electron chi connectivity index (χ1n) is 14.2. The fourth-order valence-corrected chi connectivity index (χ4v) is 8.15. The molecule has 4 aliphatic carbocycles. The van der Waals surface area contributed by atoms with Gasteiger partial charge in [0.25, 0.3) is 0 Å². The topological polar surface area (TPSA) is 81.2 Å². The van der Waals surface area contributed by atoms with E-state index in [4.69, 9.17) is 0 Å². The molecule has 4 fully saturated rings. The molecule has 198 valence electrons. The maximum Gasteiger partial charge on any atom is 0.233 e. The average molecular weight is 499 g/mol. The van der Waals surface area contributed by atoms with Gasteiger partial charge in [-0.15, -0.1) is 0 Å². The van der Waals surface area contributed by atoms with Gasteiger partial charge >= 0.3 is 0 Å². The fourth-order valence-electron chi connectivity index (χ4n) is 8.15. The third-order valence-electron chi connectivity index (χ3n) is 10.0. The SMILES string of the molecule is CCN(CC)CCCN1C(=O)[C@@H]2[C@H]3C=C[C@@H]([C@@H]2C1=O)[C@@H]1[C@@H]2C(=O)N(CCCN(CC)CC)C(=O)[C@@H]2[C@@H]31. The van der Waals surface area contributed by atoms with E-state index in [1.807, 2.05) is 0 Å². The Hall–Kier alpha value is -2.06. The van der Waals surface area contributed by atoms with Crippen LogP contribution in [0.3, 0.4) is 0 Å². The third kappa shape index (κ3) is 3.70. The molecule has 0 aromatic heterocycles. The molecule has 6 rings (SSSR count). The maximum absolute atomic E-state index is 13.5. The first-order chi connectivity index (χ1) is 17.4. The lowest BCUT2D eigenvalue weighted by Gasteiger charge is -2.60. The standard InChI is InChI=1S/C28H42N4O4/c1-5-29(6-2)13-9-15-31-25(33)21-17-11-12-18(22(21)26(31)34)20-19(17)23-24(20)28(36)32(27(23)35)16-10-14-30(7-3)8-4/h11-12,17-24H,5-10,13-16H2,1-4H3/t17-,18+,19-,20-,21+,22-,23+,24-/m0/s1. The number of amides is 4. The summed E-state index contributed by atoms with van der Waals surface area (Å²) in [6.07, 6.45) is 5.74. The molecule has 4 amide bonds. The van der Waals surface area contributed by atoms with E-state index in [1.54, 1.807) is 0 Å². The summed E-state index contributed by atoms with van der Waals surface area (Å²) in [6, 6.07) is 0. The van der Waals surface area contributed by atoms with E-state index in [1.165, 1.54) is 9.80 Å². The van der Waals surface area contributed by atoms with Crippen LogP contribution in [-0.2, 0) is 19.2 Å². The zero-order valence-corrected chi connectivity index (χ0v) is 22.3. The van der Waals surface area contributed by atoms with Gasteiger partial charge < -0.3 is 9.80 Å². The first kappa shape index (κ1) is 25.6. The number of fused-ring (bicyclic) bond motifs is 1. The Kier molecular flexibility index (Phi) is 7.11. The van der Waals surface area contributed by atoms with E-state index in [0.717, 1.165) is 52.1 Å². The number of hydrogen-bond acceptors (Lipinski definition) is 6. The van der Waals surface area contributed by atoms with Gasteiger partial charge in [0.2, 0.25) is 23.6 Å². The van der Waals surface area contributed by atoms with Crippen molar-refractivity contribution in [2.45, 2.75) is 40.5 Å². The van der Waals surface area contributed by atoms with Crippen LogP contribution in [0.1, 0.15) is 40.5 Å². The monoisotopic (exact) mass is 498 g/mol. The molecule has 0 spiro atoms. The number of nitrogens with zero attached hydrogens (tertiary/aromatic N) is 4. The Balaban J connectivity index is 1.28. The van der Waals surface area contributed by atoms with Crippen molar-refractivity contribution >= 4 is 23.6 Å². The molecule has 6 aliphatic rings. The zero-order valence-electron chi connectivity index (χ0n) is 22.3. The molecule has 8 atom stereocenters. The number of likely N-dealkylation sites (tertiary alicyclic amines) is 2. The van der Waals surface area contributed by atoms with Gasteiger partial charge in [0.1, 0.15) is 0 Å². The summed E-state index contributed by atoms with van der Waals surface area (Å²) in [5.41, 5.74) is 0. The first-order valence-corrected chi connectivity index (χ1v) is 14.2. The summed E-state index contributed by atoms with van der Waals surface area (Å²) in [6.45, 7) is 15.0. The minimum Gasteiger partial charge on any atom is -0.304 e. The number of rotatable bonds is 12. The lowest BCUT2D eigenvalue weighted by molar-refractivity contribution is -0.166. The van der Waals surface area contributed by atoms with Crippen molar-refractivity contribution in [3.8, 4) is 0 Å². The van der Waals surface area contributed by atoms with Crippen LogP contribution in [0.4, 0.5) is 0 Å². The maximum atomic E-state index is 13.5. The number of imide groups is 2. The van der Waals surface area contributed by atoms with Gasteiger partial charge in [-0.05, 0) is 75.8 Å². The molecule has 2 bridgehead atoms. The molecule has 2 saturated heterocycles.